The van der Waals surface area contributed by atoms with E-state index in [1.807, 2.05) is 29.6 Å². The Morgan fingerprint density at radius 2 is 1.89 bits per heavy atom. The summed E-state index contributed by atoms with van der Waals surface area (Å²) < 4.78 is 5.70. The van der Waals surface area contributed by atoms with Gasteiger partial charge in [-0.15, -0.1) is 11.3 Å². The molecule has 1 N–H and O–H groups in total. The molecule has 0 saturated heterocycles. The van der Waals surface area contributed by atoms with Gasteiger partial charge in [0.15, 0.2) is 0 Å². The van der Waals surface area contributed by atoms with Crippen molar-refractivity contribution >= 4 is 50.6 Å². The summed E-state index contributed by atoms with van der Waals surface area (Å²) in [4.78, 5) is 13.5. The van der Waals surface area contributed by atoms with Crippen LogP contribution in [0.1, 0.15) is 5.56 Å². The average molecular weight is 417 g/mol. The zero-order chi connectivity index (χ0) is 18.6. The number of nitrogens with one attached hydrogen (secondary N) is 1. The van der Waals surface area contributed by atoms with Gasteiger partial charge in [0.2, 0.25) is 5.88 Å². The van der Waals surface area contributed by atoms with Crippen LogP contribution in [0, 0.1) is 0 Å². The van der Waals surface area contributed by atoms with Crippen LogP contribution in [0.25, 0.3) is 10.2 Å². The molecule has 0 bridgehead atoms. The summed E-state index contributed by atoms with van der Waals surface area (Å²) in [7, 11) is 0. The molecular formula is C19H14Cl2N4OS. The molecule has 0 amide bonds. The lowest BCUT2D eigenvalue weighted by molar-refractivity contribution is 0.463. The van der Waals surface area contributed by atoms with Crippen molar-refractivity contribution in [2.24, 2.45) is 0 Å². The highest BCUT2D eigenvalue weighted by Crippen LogP contribution is 2.32. The monoisotopic (exact) mass is 416 g/mol. The average Bonchev–Trinajstić information content (AvgIpc) is 3.05. The van der Waals surface area contributed by atoms with Crippen molar-refractivity contribution in [1.82, 2.24) is 15.0 Å². The van der Waals surface area contributed by atoms with E-state index in [1.165, 1.54) is 16.9 Å². The molecule has 0 spiro atoms. The number of anilines is 1. The van der Waals surface area contributed by atoms with Gasteiger partial charge in [-0.05, 0) is 30.2 Å². The molecule has 0 fully saturated rings. The Balaban J connectivity index is 1.37. The number of aromatic nitrogens is 3. The van der Waals surface area contributed by atoms with E-state index in [9.17, 15) is 0 Å². The number of hydrogen-bond donors (Lipinski definition) is 1. The van der Waals surface area contributed by atoms with Gasteiger partial charge >= 0.3 is 0 Å². The minimum atomic E-state index is 0.403. The lowest BCUT2D eigenvalue weighted by Gasteiger charge is -2.08. The first kappa shape index (κ1) is 18.0. The van der Waals surface area contributed by atoms with Crippen molar-refractivity contribution in [3.8, 4) is 11.6 Å². The number of ether oxygens (including phenoxy) is 1. The lowest BCUT2D eigenvalue weighted by atomic mass is 10.1. The van der Waals surface area contributed by atoms with Crippen molar-refractivity contribution in [1.29, 1.82) is 0 Å². The third-order valence-corrected chi connectivity index (χ3v) is 5.39. The van der Waals surface area contributed by atoms with E-state index in [0.717, 1.165) is 29.0 Å². The van der Waals surface area contributed by atoms with E-state index in [-0.39, 0.29) is 0 Å². The van der Waals surface area contributed by atoms with Gasteiger partial charge in [-0.25, -0.2) is 15.0 Å². The third kappa shape index (κ3) is 4.30. The molecule has 136 valence electrons. The second-order valence-corrected chi connectivity index (χ2v) is 7.36. The number of thiophene rings is 1. The highest BCUT2D eigenvalue weighted by atomic mass is 35.5. The van der Waals surface area contributed by atoms with E-state index in [2.05, 4.69) is 20.3 Å². The Bertz CT molecular complexity index is 1070. The summed E-state index contributed by atoms with van der Waals surface area (Å²) >= 11 is 13.6. The summed E-state index contributed by atoms with van der Waals surface area (Å²) in [5.41, 5.74) is 1.18. The summed E-state index contributed by atoms with van der Waals surface area (Å²) in [6, 6.07) is 13.1. The molecule has 3 aromatic heterocycles. The molecule has 0 aliphatic heterocycles. The SMILES string of the molecule is Clc1cccc(Oc2ccc(CCNc3ncnc4scc(Cl)c34)cc2)n1. The number of rotatable bonds is 6. The van der Waals surface area contributed by atoms with Crippen molar-refractivity contribution in [2.75, 3.05) is 11.9 Å². The Morgan fingerprint density at radius 1 is 1.04 bits per heavy atom. The summed E-state index contributed by atoms with van der Waals surface area (Å²) in [6.45, 7) is 0.730. The molecule has 0 aliphatic rings. The zero-order valence-corrected chi connectivity index (χ0v) is 16.4. The highest BCUT2D eigenvalue weighted by Gasteiger charge is 2.09. The van der Waals surface area contributed by atoms with Gasteiger partial charge < -0.3 is 10.1 Å². The minimum absolute atomic E-state index is 0.403. The quantitative estimate of drug-likeness (QED) is 0.400. The molecule has 0 aliphatic carbocycles. The van der Waals surface area contributed by atoms with Crippen LogP contribution in [-0.2, 0) is 6.42 Å². The fourth-order valence-electron chi connectivity index (χ4n) is 2.59. The van der Waals surface area contributed by atoms with Gasteiger partial charge in [-0.1, -0.05) is 41.4 Å². The molecule has 0 unspecified atom stereocenters. The molecule has 4 rings (SSSR count). The van der Waals surface area contributed by atoms with Crippen molar-refractivity contribution in [3.63, 3.8) is 0 Å². The lowest BCUT2D eigenvalue weighted by Crippen LogP contribution is -2.06. The number of fused-ring (bicyclic) bond motifs is 1. The number of pyridine rings is 1. The predicted octanol–water partition coefficient (Wildman–Crippen LogP) is 5.84. The van der Waals surface area contributed by atoms with Crippen LogP contribution in [0.2, 0.25) is 10.2 Å². The van der Waals surface area contributed by atoms with E-state index in [1.54, 1.807) is 24.5 Å². The molecule has 0 atom stereocenters. The number of halogens is 2. The fourth-order valence-corrected chi connectivity index (χ4v) is 3.88. The smallest absolute Gasteiger partial charge is 0.220 e. The maximum absolute atomic E-state index is 6.23. The Kier molecular flexibility index (Phi) is 5.38. The van der Waals surface area contributed by atoms with Crippen molar-refractivity contribution in [3.05, 3.63) is 69.9 Å². The maximum atomic E-state index is 6.23. The fraction of sp³-hybridized carbons (Fsp3) is 0.105. The van der Waals surface area contributed by atoms with Gasteiger partial charge in [-0.3, -0.25) is 0 Å². The Labute approximate surface area is 170 Å². The van der Waals surface area contributed by atoms with Crippen LogP contribution in [0.15, 0.2) is 54.2 Å². The van der Waals surface area contributed by atoms with E-state index in [0.29, 0.717) is 21.8 Å². The van der Waals surface area contributed by atoms with E-state index < -0.39 is 0 Å². The first-order chi connectivity index (χ1) is 13.2. The molecule has 0 saturated carbocycles. The van der Waals surface area contributed by atoms with Crippen LogP contribution in [0.5, 0.6) is 11.6 Å². The summed E-state index contributed by atoms with van der Waals surface area (Å²) in [5.74, 6) is 1.94. The highest BCUT2D eigenvalue weighted by molar-refractivity contribution is 7.17. The molecule has 27 heavy (non-hydrogen) atoms. The molecular weight excluding hydrogens is 403 g/mol. The normalized spacial score (nSPS) is 10.9. The van der Waals surface area contributed by atoms with E-state index >= 15 is 0 Å². The maximum Gasteiger partial charge on any atom is 0.220 e. The van der Waals surface area contributed by atoms with Crippen LogP contribution >= 0.6 is 34.5 Å². The first-order valence-electron chi connectivity index (χ1n) is 8.20. The van der Waals surface area contributed by atoms with Gasteiger partial charge in [0.1, 0.15) is 27.9 Å². The number of hydrogen-bond acceptors (Lipinski definition) is 6. The molecule has 0 radical (unpaired) electrons. The molecule has 4 aromatic rings. The second-order valence-electron chi connectivity index (χ2n) is 5.71. The molecule has 8 heteroatoms. The summed E-state index contributed by atoms with van der Waals surface area (Å²) in [5, 5.41) is 7.17. The van der Waals surface area contributed by atoms with Gasteiger partial charge in [0.05, 0.1) is 10.4 Å². The number of nitrogens with zero attached hydrogens (tertiary/aromatic N) is 3. The second kappa shape index (κ2) is 8.08. The number of benzene rings is 1. The Hall–Kier alpha value is -2.41. The van der Waals surface area contributed by atoms with Crippen LogP contribution in [-0.4, -0.2) is 21.5 Å². The third-order valence-electron chi connectivity index (χ3n) is 3.87. The van der Waals surface area contributed by atoms with Crippen molar-refractivity contribution in [2.45, 2.75) is 6.42 Å². The zero-order valence-electron chi connectivity index (χ0n) is 14.0. The first-order valence-corrected chi connectivity index (χ1v) is 9.83. The minimum Gasteiger partial charge on any atom is -0.439 e. The van der Waals surface area contributed by atoms with Crippen LogP contribution in [0.4, 0.5) is 5.82 Å². The standard InChI is InChI=1S/C19H14Cl2N4OS/c20-14-10-27-19-17(14)18(23-11-24-19)22-9-8-12-4-6-13(7-5-12)26-16-3-1-2-15(21)25-16/h1-7,10-11H,8-9H2,(H,22,23,24). The van der Waals surface area contributed by atoms with Gasteiger partial charge in [0, 0.05) is 18.0 Å². The summed E-state index contributed by atoms with van der Waals surface area (Å²) in [6.07, 6.45) is 2.39. The van der Waals surface area contributed by atoms with Crippen LogP contribution < -0.4 is 10.1 Å². The largest absolute Gasteiger partial charge is 0.439 e. The Morgan fingerprint density at radius 3 is 2.70 bits per heavy atom. The topological polar surface area (TPSA) is 59.9 Å². The van der Waals surface area contributed by atoms with Gasteiger partial charge in [0.25, 0.3) is 0 Å². The molecule has 3 heterocycles. The van der Waals surface area contributed by atoms with E-state index in [4.69, 9.17) is 27.9 Å². The van der Waals surface area contributed by atoms with Crippen LogP contribution in [0.3, 0.4) is 0 Å². The molecule has 5 nitrogen and oxygen atoms in total. The van der Waals surface area contributed by atoms with Gasteiger partial charge in [-0.2, -0.15) is 0 Å². The predicted molar refractivity (Wildman–Crippen MR) is 110 cm³/mol. The van der Waals surface area contributed by atoms with Crippen molar-refractivity contribution < 1.29 is 4.74 Å². The molecule has 1 aromatic carbocycles.